The van der Waals surface area contributed by atoms with E-state index in [0.29, 0.717) is 0 Å². The Bertz CT molecular complexity index is 549. The van der Waals surface area contributed by atoms with Crippen molar-refractivity contribution in [1.82, 2.24) is 0 Å². The third kappa shape index (κ3) is 11.1. The Hall–Kier alpha value is -0.780. The van der Waals surface area contributed by atoms with Crippen LogP contribution in [-0.4, -0.2) is 0 Å². The Morgan fingerprint density at radius 1 is 0.645 bits per heavy atom. The van der Waals surface area contributed by atoms with Crippen molar-refractivity contribution in [2.45, 2.75) is 155 Å². The van der Waals surface area contributed by atoms with E-state index in [-0.39, 0.29) is 0 Å². The molecule has 31 heavy (non-hydrogen) atoms. The van der Waals surface area contributed by atoms with E-state index in [0.717, 1.165) is 11.8 Å². The fourth-order valence-electron chi connectivity index (χ4n) is 5.70. The van der Waals surface area contributed by atoms with Gasteiger partial charge in [0, 0.05) is 0 Å². The zero-order chi connectivity index (χ0) is 22.2. The largest absolute Gasteiger partial charge is 0.0654 e. The number of rotatable bonds is 17. The second-order valence-electron chi connectivity index (χ2n) is 10.7. The van der Waals surface area contributed by atoms with Gasteiger partial charge in [-0.15, -0.1) is 0 Å². The predicted octanol–water partition coefficient (Wildman–Crippen LogP) is 10.7. The van der Waals surface area contributed by atoms with Crippen LogP contribution < -0.4 is 0 Å². The zero-order valence-electron chi connectivity index (χ0n) is 21.5. The maximum atomic E-state index is 2.54. The highest BCUT2D eigenvalue weighted by Gasteiger charge is 2.22. The maximum absolute atomic E-state index is 2.54. The van der Waals surface area contributed by atoms with Gasteiger partial charge >= 0.3 is 0 Å². The van der Waals surface area contributed by atoms with Crippen LogP contribution in [0, 0.1) is 12.8 Å². The average Bonchev–Trinajstić information content (AvgIpc) is 2.79. The normalized spacial score (nSPS) is 19.1. The Kier molecular flexibility index (Phi) is 14.3. The molecule has 0 nitrogen and oxygen atoms in total. The molecule has 0 atom stereocenters. The van der Waals surface area contributed by atoms with Crippen molar-refractivity contribution in [2.24, 2.45) is 5.92 Å². The Morgan fingerprint density at radius 3 is 1.77 bits per heavy atom. The quantitative estimate of drug-likeness (QED) is 0.217. The molecule has 0 radical (unpaired) electrons. The van der Waals surface area contributed by atoms with Crippen molar-refractivity contribution in [3.8, 4) is 0 Å². The summed E-state index contributed by atoms with van der Waals surface area (Å²) in [6.07, 6.45) is 28.6. The molecule has 178 valence electrons. The summed E-state index contributed by atoms with van der Waals surface area (Å²) < 4.78 is 0. The summed E-state index contributed by atoms with van der Waals surface area (Å²) in [6.45, 7) is 6.96. The van der Waals surface area contributed by atoms with Crippen molar-refractivity contribution >= 4 is 0 Å². The Morgan fingerprint density at radius 2 is 1.19 bits per heavy atom. The summed E-state index contributed by atoms with van der Waals surface area (Å²) in [6, 6.07) is 7.48. The van der Waals surface area contributed by atoms with Gasteiger partial charge in [-0.3, -0.25) is 0 Å². The lowest BCUT2D eigenvalue weighted by atomic mass is 9.76. The van der Waals surface area contributed by atoms with Crippen molar-refractivity contribution in [3.05, 3.63) is 34.9 Å². The molecule has 0 aliphatic heterocycles. The molecule has 0 bridgehead atoms. The minimum Gasteiger partial charge on any atom is -0.0654 e. The molecule has 1 aliphatic carbocycles. The number of hydrogen-bond acceptors (Lipinski definition) is 0. The summed E-state index contributed by atoms with van der Waals surface area (Å²) in [7, 11) is 0. The van der Waals surface area contributed by atoms with Crippen LogP contribution in [-0.2, 0) is 6.42 Å². The van der Waals surface area contributed by atoms with Crippen LogP contribution >= 0.6 is 0 Å². The summed E-state index contributed by atoms with van der Waals surface area (Å²) in [5, 5.41) is 0. The molecule has 1 fully saturated rings. The summed E-state index contributed by atoms with van der Waals surface area (Å²) in [5.74, 6) is 1.85. The van der Waals surface area contributed by atoms with Crippen molar-refractivity contribution < 1.29 is 0 Å². The van der Waals surface area contributed by atoms with Crippen LogP contribution in [0.4, 0.5) is 0 Å². The lowest BCUT2D eigenvalue weighted by Crippen LogP contribution is -2.13. The van der Waals surface area contributed by atoms with E-state index in [1.165, 1.54) is 128 Å². The summed E-state index contributed by atoms with van der Waals surface area (Å²) in [5.41, 5.74) is 4.79. The molecule has 0 unspecified atom stereocenters. The third-order valence-electron chi connectivity index (χ3n) is 7.95. The van der Waals surface area contributed by atoms with E-state index in [9.17, 15) is 0 Å². The Balaban J connectivity index is 1.60. The molecule has 1 aromatic rings. The van der Waals surface area contributed by atoms with Gasteiger partial charge in [-0.2, -0.15) is 0 Å². The first-order valence-electron chi connectivity index (χ1n) is 14.3. The predicted molar refractivity (Wildman–Crippen MR) is 140 cm³/mol. The van der Waals surface area contributed by atoms with Gasteiger partial charge in [0.05, 0.1) is 0 Å². The molecule has 2 rings (SSSR count). The standard InChI is InChI=1S/C31H54/c1-4-6-8-10-12-14-16-18-28-20-22-30(23-21-28)31-25-24-29(27(3)26-31)19-17-15-13-11-9-7-5-2/h24-26,28,30H,4-23H2,1-3H3/t28-,30-. The van der Waals surface area contributed by atoms with Crippen molar-refractivity contribution in [2.75, 3.05) is 0 Å². The molecule has 1 aromatic carbocycles. The fraction of sp³-hybridized carbons (Fsp3) is 0.806. The van der Waals surface area contributed by atoms with Crippen LogP contribution in [0.3, 0.4) is 0 Å². The lowest BCUT2D eigenvalue weighted by Gasteiger charge is -2.29. The van der Waals surface area contributed by atoms with E-state index in [2.05, 4.69) is 39.0 Å². The molecule has 0 heteroatoms. The smallest absolute Gasteiger partial charge is 0.0162 e. The van der Waals surface area contributed by atoms with Gasteiger partial charge in [-0.25, -0.2) is 0 Å². The minimum atomic E-state index is 0.830. The molecule has 1 saturated carbocycles. The monoisotopic (exact) mass is 426 g/mol. The summed E-state index contributed by atoms with van der Waals surface area (Å²) in [4.78, 5) is 0. The molecule has 0 amide bonds. The third-order valence-corrected chi connectivity index (χ3v) is 7.95. The highest BCUT2D eigenvalue weighted by Crippen LogP contribution is 2.38. The van der Waals surface area contributed by atoms with Gasteiger partial charge in [0.2, 0.25) is 0 Å². The first-order valence-corrected chi connectivity index (χ1v) is 14.3. The summed E-state index contributed by atoms with van der Waals surface area (Å²) >= 11 is 0. The Labute approximate surface area is 196 Å². The van der Waals surface area contributed by atoms with Crippen molar-refractivity contribution in [1.29, 1.82) is 0 Å². The number of unbranched alkanes of at least 4 members (excludes halogenated alkanes) is 12. The number of hydrogen-bond donors (Lipinski definition) is 0. The van der Waals surface area contributed by atoms with E-state index < -0.39 is 0 Å². The number of aryl methyl sites for hydroxylation is 2. The van der Waals surface area contributed by atoms with Gasteiger partial charge in [-0.05, 0) is 74.0 Å². The fourth-order valence-corrected chi connectivity index (χ4v) is 5.70. The average molecular weight is 427 g/mol. The molecular weight excluding hydrogens is 372 g/mol. The van der Waals surface area contributed by atoms with Gasteiger partial charge in [0.25, 0.3) is 0 Å². The van der Waals surface area contributed by atoms with Gasteiger partial charge in [0.15, 0.2) is 0 Å². The highest BCUT2D eigenvalue weighted by molar-refractivity contribution is 5.33. The van der Waals surface area contributed by atoms with E-state index in [4.69, 9.17) is 0 Å². The van der Waals surface area contributed by atoms with E-state index in [1.54, 1.807) is 16.7 Å². The minimum absolute atomic E-state index is 0.830. The molecular formula is C31H54. The molecule has 0 spiro atoms. The second kappa shape index (κ2) is 16.8. The maximum Gasteiger partial charge on any atom is -0.0162 e. The SMILES string of the molecule is CCCCCCCCCc1ccc([C@H]2CC[C@H](CCCCCCCCC)CC2)cc1C. The second-order valence-corrected chi connectivity index (χ2v) is 10.7. The lowest BCUT2D eigenvalue weighted by molar-refractivity contribution is 0.301. The van der Waals surface area contributed by atoms with Crippen molar-refractivity contribution in [3.63, 3.8) is 0 Å². The van der Waals surface area contributed by atoms with Crippen LogP contribution in [0.1, 0.15) is 158 Å². The van der Waals surface area contributed by atoms with Crippen LogP contribution in [0.25, 0.3) is 0 Å². The van der Waals surface area contributed by atoms with Gasteiger partial charge < -0.3 is 0 Å². The van der Waals surface area contributed by atoms with E-state index >= 15 is 0 Å². The first-order chi connectivity index (χ1) is 15.2. The molecule has 0 saturated heterocycles. The van der Waals surface area contributed by atoms with Crippen LogP contribution in [0.2, 0.25) is 0 Å². The zero-order valence-corrected chi connectivity index (χ0v) is 21.5. The van der Waals surface area contributed by atoms with Gasteiger partial charge in [-0.1, -0.05) is 122 Å². The van der Waals surface area contributed by atoms with Crippen LogP contribution in [0.5, 0.6) is 0 Å². The first kappa shape index (κ1) is 26.5. The van der Waals surface area contributed by atoms with Gasteiger partial charge in [0.1, 0.15) is 0 Å². The molecule has 1 aliphatic rings. The van der Waals surface area contributed by atoms with Crippen LogP contribution in [0.15, 0.2) is 18.2 Å². The highest BCUT2D eigenvalue weighted by atomic mass is 14.3. The van der Waals surface area contributed by atoms with E-state index in [1.807, 2.05) is 0 Å². The topological polar surface area (TPSA) is 0 Å². The molecule has 0 N–H and O–H groups in total. The molecule has 0 aromatic heterocycles. The molecule has 0 heterocycles. The number of benzene rings is 1.